The van der Waals surface area contributed by atoms with Crippen LogP contribution in [0.5, 0.6) is 5.75 Å². The number of nitrogens with one attached hydrogen (secondary N) is 1. The average molecular weight is 441 g/mol. The third-order valence-corrected chi connectivity index (χ3v) is 6.04. The molecule has 0 saturated carbocycles. The number of nitrogens with zero attached hydrogens (tertiary/aromatic N) is 1. The molecule has 30 heavy (non-hydrogen) atoms. The Morgan fingerprint density at radius 2 is 1.90 bits per heavy atom. The van der Waals surface area contributed by atoms with Crippen LogP contribution in [0.3, 0.4) is 0 Å². The van der Waals surface area contributed by atoms with E-state index in [-0.39, 0.29) is 6.61 Å². The molecule has 1 fully saturated rings. The Balaban J connectivity index is 1.64. The molecule has 2 rings (SSSR count). The Labute approximate surface area is 178 Å². The molecular formula is C21H32N2O6S. The summed E-state index contributed by atoms with van der Waals surface area (Å²) in [5.41, 5.74) is 1.22. The second kappa shape index (κ2) is 12.5. The van der Waals surface area contributed by atoms with Crippen LogP contribution in [0.15, 0.2) is 24.3 Å². The van der Waals surface area contributed by atoms with E-state index in [1.165, 1.54) is 24.8 Å². The topological polar surface area (TPSA) is 102 Å². The van der Waals surface area contributed by atoms with Gasteiger partial charge in [-0.1, -0.05) is 18.6 Å². The van der Waals surface area contributed by atoms with Crippen LogP contribution >= 0.6 is 0 Å². The van der Waals surface area contributed by atoms with Crippen molar-refractivity contribution in [2.24, 2.45) is 0 Å². The van der Waals surface area contributed by atoms with Gasteiger partial charge in [-0.15, -0.1) is 0 Å². The summed E-state index contributed by atoms with van der Waals surface area (Å²) in [4.78, 5) is 25.5. The van der Waals surface area contributed by atoms with Crippen LogP contribution in [0.2, 0.25) is 0 Å². The van der Waals surface area contributed by atoms with E-state index in [2.05, 4.69) is 21.0 Å². The summed E-state index contributed by atoms with van der Waals surface area (Å²) in [7, 11) is -3.83. The number of carbonyl (C=O) groups excluding carboxylic acids is 2. The molecule has 1 aliphatic rings. The standard InChI is InChI=1S/C21H32N2O6S/c1-2-28-21(25)17-30(26,27)16-20(24)22-10-7-13-29-19-9-6-8-18(14-19)15-23-11-4-3-5-12-23/h6,8-9,14H,2-5,7,10-13,15-17H2,1H3,(H,22,24). The predicted molar refractivity (Wildman–Crippen MR) is 114 cm³/mol. The van der Waals surface area contributed by atoms with Crippen LogP contribution < -0.4 is 10.1 Å². The van der Waals surface area contributed by atoms with Crippen molar-refractivity contribution in [3.05, 3.63) is 29.8 Å². The van der Waals surface area contributed by atoms with Gasteiger partial charge in [0.2, 0.25) is 5.91 Å². The molecule has 1 aromatic rings. The fraction of sp³-hybridized carbons (Fsp3) is 0.619. The number of benzene rings is 1. The molecule has 1 N–H and O–H groups in total. The summed E-state index contributed by atoms with van der Waals surface area (Å²) < 4.78 is 33.9. The normalized spacial score (nSPS) is 14.8. The number of hydrogen-bond donors (Lipinski definition) is 1. The molecule has 0 aromatic heterocycles. The maximum absolute atomic E-state index is 11.8. The van der Waals surface area contributed by atoms with Gasteiger partial charge in [-0.25, -0.2) is 8.42 Å². The highest BCUT2D eigenvalue weighted by Gasteiger charge is 2.21. The third kappa shape index (κ3) is 9.58. The van der Waals surface area contributed by atoms with Gasteiger partial charge in [-0.3, -0.25) is 14.5 Å². The summed E-state index contributed by atoms with van der Waals surface area (Å²) in [6.45, 7) is 5.59. The van der Waals surface area contributed by atoms with Crippen molar-refractivity contribution in [1.29, 1.82) is 0 Å². The number of ether oxygens (including phenoxy) is 2. The summed E-state index contributed by atoms with van der Waals surface area (Å²) in [5.74, 6) is -2.21. The SMILES string of the molecule is CCOC(=O)CS(=O)(=O)CC(=O)NCCCOc1cccc(CN2CCCCC2)c1. The van der Waals surface area contributed by atoms with Crippen molar-refractivity contribution in [3.63, 3.8) is 0 Å². The molecule has 1 heterocycles. The number of likely N-dealkylation sites (tertiary alicyclic amines) is 1. The Morgan fingerprint density at radius 1 is 1.13 bits per heavy atom. The number of hydrogen-bond acceptors (Lipinski definition) is 7. The molecule has 0 unspecified atom stereocenters. The highest BCUT2D eigenvalue weighted by molar-refractivity contribution is 7.92. The lowest BCUT2D eigenvalue weighted by Gasteiger charge is -2.26. The second-order valence-corrected chi connectivity index (χ2v) is 9.44. The summed E-state index contributed by atoms with van der Waals surface area (Å²) in [5, 5.41) is 2.54. The smallest absolute Gasteiger partial charge is 0.321 e. The van der Waals surface area contributed by atoms with Gasteiger partial charge in [0.15, 0.2) is 9.84 Å². The molecule has 0 spiro atoms. The third-order valence-electron chi connectivity index (χ3n) is 4.66. The van der Waals surface area contributed by atoms with Crippen LogP contribution in [0, 0.1) is 0 Å². The van der Waals surface area contributed by atoms with E-state index in [0.29, 0.717) is 19.6 Å². The van der Waals surface area contributed by atoms with Crippen LogP contribution in [-0.2, 0) is 30.7 Å². The lowest BCUT2D eigenvalue weighted by Crippen LogP contribution is -2.34. The van der Waals surface area contributed by atoms with Gasteiger partial charge in [0.05, 0.1) is 13.2 Å². The van der Waals surface area contributed by atoms with Gasteiger partial charge in [0, 0.05) is 13.1 Å². The van der Waals surface area contributed by atoms with Crippen molar-refractivity contribution in [2.75, 3.05) is 44.4 Å². The molecule has 0 aliphatic carbocycles. The lowest BCUT2D eigenvalue weighted by atomic mass is 10.1. The van der Waals surface area contributed by atoms with Gasteiger partial charge in [0.1, 0.15) is 17.3 Å². The Kier molecular flexibility index (Phi) is 10.1. The van der Waals surface area contributed by atoms with E-state index < -0.39 is 33.2 Å². The zero-order chi connectivity index (χ0) is 21.8. The van der Waals surface area contributed by atoms with E-state index in [1.807, 2.05) is 18.2 Å². The van der Waals surface area contributed by atoms with E-state index in [9.17, 15) is 18.0 Å². The van der Waals surface area contributed by atoms with Crippen molar-refractivity contribution in [1.82, 2.24) is 10.2 Å². The molecule has 1 aromatic carbocycles. The Hall–Kier alpha value is -2.13. The van der Waals surface area contributed by atoms with Crippen molar-refractivity contribution in [3.8, 4) is 5.75 Å². The van der Waals surface area contributed by atoms with Crippen LogP contribution in [-0.4, -0.2) is 69.5 Å². The van der Waals surface area contributed by atoms with Crippen molar-refractivity contribution < 1.29 is 27.5 Å². The predicted octanol–water partition coefficient (Wildman–Crippen LogP) is 1.54. The largest absolute Gasteiger partial charge is 0.494 e. The molecule has 0 atom stereocenters. The van der Waals surface area contributed by atoms with E-state index >= 15 is 0 Å². The van der Waals surface area contributed by atoms with Crippen LogP contribution in [0.1, 0.15) is 38.2 Å². The zero-order valence-electron chi connectivity index (χ0n) is 17.6. The fourth-order valence-corrected chi connectivity index (χ4v) is 4.33. The number of piperidine rings is 1. The zero-order valence-corrected chi connectivity index (χ0v) is 18.4. The molecule has 168 valence electrons. The van der Waals surface area contributed by atoms with Crippen molar-refractivity contribution in [2.45, 2.75) is 39.2 Å². The summed E-state index contributed by atoms with van der Waals surface area (Å²) in [6.07, 6.45) is 4.37. The maximum Gasteiger partial charge on any atom is 0.321 e. The molecule has 1 saturated heterocycles. The van der Waals surface area contributed by atoms with E-state index in [0.717, 1.165) is 25.4 Å². The first-order valence-corrected chi connectivity index (χ1v) is 12.3. The maximum atomic E-state index is 11.8. The number of esters is 1. The molecule has 0 bridgehead atoms. The summed E-state index contributed by atoms with van der Waals surface area (Å²) >= 11 is 0. The van der Waals surface area contributed by atoms with E-state index in [4.69, 9.17) is 4.74 Å². The molecule has 9 heteroatoms. The first-order chi connectivity index (χ1) is 14.4. The second-order valence-electron chi connectivity index (χ2n) is 7.37. The number of rotatable bonds is 12. The van der Waals surface area contributed by atoms with Gasteiger partial charge in [-0.05, 0) is 57.0 Å². The lowest BCUT2D eigenvalue weighted by molar-refractivity contribution is -0.139. The first-order valence-electron chi connectivity index (χ1n) is 10.4. The number of amides is 1. The quantitative estimate of drug-likeness (QED) is 0.388. The van der Waals surface area contributed by atoms with Gasteiger partial charge < -0.3 is 14.8 Å². The Morgan fingerprint density at radius 3 is 2.63 bits per heavy atom. The Bertz CT molecular complexity index is 790. The molecule has 1 amide bonds. The molecule has 1 aliphatic heterocycles. The number of sulfone groups is 1. The molecular weight excluding hydrogens is 408 g/mol. The minimum atomic E-state index is -3.83. The number of carbonyl (C=O) groups is 2. The average Bonchev–Trinajstić information content (AvgIpc) is 2.68. The molecule has 0 radical (unpaired) electrons. The highest BCUT2D eigenvalue weighted by Crippen LogP contribution is 2.17. The van der Waals surface area contributed by atoms with Gasteiger partial charge in [0.25, 0.3) is 0 Å². The molecule has 8 nitrogen and oxygen atoms in total. The van der Waals surface area contributed by atoms with E-state index in [1.54, 1.807) is 6.92 Å². The van der Waals surface area contributed by atoms with Crippen molar-refractivity contribution >= 4 is 21.7 Å². The fourth-order valence-electron chi connectivity index (χ4n) is 3.28. The summed E-state index contributed by atoms with van der Waals surface area (Å²) in [6, 6.07) is 8.01. The van der Waals surface area contributed by atoms with Crippen LogP contribution in [0.4, 0.5) is 0 Å². The van der Waals surface area contributed by atoms with Gasteiger partial charge >= 0.3 is 5.97 Å². The van der Waals surface area contributed by atoms with Gasteiger partial charge in [-0.2, -0.15) is 0 Å². The highest BCUT2D eigenvalue weighted by atomic mass is 32.2. The monoisotopic (exact) mass is 440 g/mol. The van der Waals surface area contributed by atoms with Crippen LogP contribution in [0.25, 0.3) is 0 Å². The first kappa shape index (κ1) is 24.1. The minimum Gasteiger partial charge on any atom is -0.494 e. The minimum absolute atomic E-state index is 0.0989.